The molecule has 0 saturated heterocycles. The number of aromatic nitrogens is 1. The summed E-state index contributed by atoms with van der Waals surface area (Å²) in [5, 5.41) is 2.89. The maximum Gasteiger partial charge on any atom is 0.272 e. The lowest BCUT2D eigenvalue weighted by atomic mass is 9.99. The van der Waals surface area contributed by atoms with E-state index in [2.05, 4.69) is 27.3 Å². The average molecular weight is 366 g/mol. The van der Waals surface area contributed by atoms with Crippen LogP contribution in [0.3, 0.4) is 0 Å². The fourth-order valence-corrected chi connectivity index (χ4v) is 3.22. The van der Waals surface area contributed by atoms with E-state index in [9.17, 15) is 9.59 Å². The van der Waals surface area contributed by atoms with Crippen LogP contribution in [-0.2, 0) is 13.0 Å². The van der Waals surface area contributed by atoms with Crippen LogP contribution in [0.5, 0.6) is 0 Å². The van der Waals surface area contributed by atoms with Crippen LogP contribution in [0, 0.1) is 0 Å². The summed E-state index contributed by atoms with van der Waals surface area (Å²) in [5.74, 6) is -0.305. The number of nitrogens with zero attached hydrogens (tertiary/aromatic N) is 3. The Morgan fingerprint density at radius 1 is 1.19 bits per heavy atom. The molecule has 27 heavy (non-hydrogen) atoms. The van der Waals surface area contributed by atoms with Gasteiger partial charge in [-0.15, -0.1) is 0 Å². The Morgan fingerprint density at radius 3 is 2.74 bits per heavy atom. The molecule has 0 unspecified atom stereocenters. The number of benzene rings is 1. The molecular weight excluding hydrogens is 340 g/mol. The highest BCUT2D eigenvalue weighted by atomic mass is 16.2. The van der Waals surface area contributed by atoms with Crippen molar-refractivity contribution in [3.05, 3.63) is 65.0 Å². The Hall–Kier alpha value is -2.73. The van der Waals surface area contributed by atoms with Crippen LogP contribution < -0.4 is 5.32 Å². The predicted octanol–water partition coefficient (Wildman–Crippen LogP) is 1.96. The fourth-order valence-electron chi connectivity index (χ4n) is 3.22. The van der Waals surface area contributed by atoms with Gasteiger partial charge >= 0.3 is 0 Å². The van der Waals surface area contributed by atoms with Gasteiger partial charge in [-0.05, 0) is 56.7 Å². The molecule has 2 heterocycles. The first-order valence-corrected chi connectivity index (χ1v) is 9.29. The van der Waals surface area contributed by atoms with Crippen LogP contribution in [0.25, 0.3) is 0 Å². The van der Waals surface area contributed by atoms with Gasteiger partial charge in [0.15, 0.2) is 0 Å². The summed E-state index contributed by atoms with van der Waals surface area (Å²) in [4.78, 5) is 33.2. The summed E-state index contributed by atoms with van der Waals surface area (Å²) in [7, 11) is 4.00. The Labute approximate surface area is 160 Å². The number of hydrogen-bond acceptors (Lipinski definition) is 4. The topological polar surface area (TPSA) is 65.5 Å². The van der Waals surface area contributed by atoms with E-state index in [0.29, 0.717) is 30.9 Å². The maximum atomic E-state index is 12.8. The van der Waals surface area contributed by atoms with Gasteiger partial charge in [0.2, 0.25) is 0 Å². The van der Waals surface area contributed by atoms with E-state index in [1.807, 2.05) is 26.2 Å². The van der Waals surface area contributed by atoms with Gasteiger partial charge in [0, 0.05) is 31.4 Å². The van der Waals surface area contributed by atoms with Gasteiger partial charge in [-0.3, -0.25) is 14.6 Å². The maximum absolute atomic E-state index is 12.8. The summed E-state index contributed by atoms with van der Waals surface area (Å²) in [6.45, 7) is 2.76. The second-order valence-electron chi connectivity index (χ2n) is 7.09. The Balaban J connectivity index is 1.63. The van der Waals surface area contributed by atoms with Crippen LogP contribution in [0.4, 0.5) is 0 Å². The molecule has 0 radical (unpaired) electrons. The van der Waals surface area contributed by atoms with Crippen molar-refractivity contribution < 1.29 is 9.59 Å². The third kappa shape index (κ3) is 4.92. The zero-order valence-corrected chi connectivity index (χ0v) is 15.9. The third-order valence-corrected chi connectivity index (χ3v) is 4.73. The van der Waals surface area contributed by atoms with Crippen LogP contribution in [-0.4, -0.2) is 60.3 Å². The minimum Gasteiger partial charge on any atom is -0.352 e. The molecule has 2 amide bonds. The molecular formula is C21H26N4O2. The standard InChI is InChI=1S/C21H26N4O2/c1-24(2)12-5-10-23-20(26)17-8-11-22-19(14-17)21(27)25-13-9-16-6-3-4-7-18(16)15-25/h3-4,6-8,11,14H,5,9-10,12-13,15H2,1-2H3,(H,23,26). The molecule has 1 aromatic heterocycles. The fraction of sp³-hybridized carbons (Fsp3) is 0.381. The lowest BCUT2D eigenvalue weighted by Gasteiger charge is -2.28. The first kappa shape index (κ1) is 19.0. The molecule has 0 saturated carbocycles. The first-order valence-electron chi connectivity index (χ1n) is 9.29. The zero-order valence-electron chi connectivity index (χ0n) is 15.9. The molecule has 2 aromatic rings. The first-order chi connectivity index (χ1) is 13.0. The highest BCUT2D eigenvalue weighted by Gasteiger charge is 2.23. The molecule has 142 valence electrons. The van der Waals surface area contributed by atoms with E-state index in [-0.39, 0.29) is 11.8 Å². The van der Waals surface area contributed by atoms with Gasteiger partial charge in [-0.1, -0.05) is 24.3 Å². The van der Waals surface area contributed by atoms with Gasteiger partial charge in [0.1, 0.15) is 5.69 Å². The lowest BCUT2D eigenvalue weighted by Crippen LogP contribution is -2.36. The lowest BCUT2D eigenvalue weighted by molar-refractivity contribution is 0.0728. The molecule has 3 rings (SSSR count). The van der Waals surface area contributed by atoms with Gasteiger partial charge in [-0.2, -0.15) is 0 Å². The third-order valence-electron chi connectivity index (χ3n) is 4.73. The summed E-state index contributed by atoms with van der Waals surface area (Å²) in [6.07, 6.45) is 3.25. The number of hydrogen-bond donors (Lipinski definition) is 1. The monoisotopic (exact) mass is 366 g/mol. The number of amides is 2. The average Bonchev–Trinajstić information content (AvgIpc) is 2.70. The molecule has 1 aliphatic heterocycles. The second kappa shape index (κ2) is 8.77. The highest BCUT2D eigenvalue weighted by Crippen LogP contribution is 2.20. The molecule has 6 heteroatoms. The van der Waals surface area contributed by atoms with Crippen LogP contribution in [0.1, 0.15) is 38.4 Å². The predicted molar refractivity (Wildman–Crippen MR) is 105 cm³/mol. The van der Waals surface area contributed by atoms with Crippen molar-refractivity contribution in [1.82, 2.24) is 20.1 Å². The van der Waals surface area contributed by atoms with Crippen LogP contribution in [0.15, 0.2) is 42.6 Å². The number of carbonyl (C=O) groups is 2. The minimum absolute atomic E-state index is 0.133. The minimum atomic E-state index is -0.172. The van der Waals surface area contributed by atoms with E-state index in [1.165, 1.54) is 17.3 Å². The van der Waals surface area contributed by atoms with Crippen molar-refractivity contribution in [3.63, 3.8) is 0 Å². The van der Waals surface area contributed by atoms with Crippen molar-refractivity contribution in [2.75, 3.05) is 33.7 Å². The van der Waals surface area contributed by atoms with Crippen molar-refractivity contribution in [1.29, 1.82) is 0 Å². The quantitative estimate of drug-likeness (QED) is 0.794. The molecule has 1 aliphatic rings. The summed E-state index contributed by atoms with van der Waals surface area (Å²) < 4.78 is 0. The zero-order chi connectivity index (χ0) is 19.2. The van der Waals surface area contributed by atoms with Crippen molar-refractivity contribution >= 4 is 11.8 Å². The molecule has 0 atom stereocenters. The van der Waals surface area contributed by atoms with E-state index < -0.39 is 0 Å². The van der Waals surface area contributed by atoms with Gasteiger partial charge in [0.25, 0.3) is 11.8 Å². The van der Waals surface area contributed by atoms with E-state index >= 15 is 0 Å². The Kier molecular flexibility index (Phi) is 6.19. The summed E-state index contributed by atoms with van der Waals surface area (Å²) in [6, 6.07) is 11.4. The van der Waals surface area contributed by atoms with E-state index in [1.54, 1.807) is 17.0 Å². The van der Waals surface area contributed by atoms with Crippen LogP contribution in [0.2, 0.25) is 0 Å². The molecule has 1 aromatic carbocycles. The number of fused-ring (bicyclic) bond motifs is 1. The van der Waals surface area contributed by atoms with Gasteiger partial charge < -0.3 is 15.1 Å². The number of rotatable bonds is 6. The van der Waals surface area contributed by atoms with Crippen molar-refractivity contribution in [3.8, 4) is 0 Å². The number of carbonyl (C=O) groups excluding carboxylic acids is 2. The Morgan fingerprint density at radius 2 is 1.96 bits per heavy atom. The van der Waals surface area contributed by atoms with Gasteiger partial charge in [0.05, 0.1) is 0 Å². The highest BCUT2D eigenvalue weighted by molar-refractivity contribution is 5.98. The van der Waals surface area contributed by atoms with E-state index in [4.69, 9.17) is 0 Å². The molecule has 0 bridgehead atoms. The largest absolute Gasteiger partial charge is 0.352 e. The summed E-state index contributed by atoms with van der Waals surface area (Å²) in [5.41, 5.74) is 3.25. The second-order valence-corrected chi connectivity index (χ2v) is 7.09. The SMILES string of the molecule is CN(C)CCCNC(=O)c1ccnc(C(=O)N2CCc3ccccc3C2)c1. The molecule has 0 aliphatic carbocycles. The number of pyridine rings is 1. The smallest absolute Gasteiger partial charge is 0.272 e. The molecule has 0 fully saturated rings. The van der Waals surface area contributed by atoms with Gasteiger partial charge in [-0.25, -0.2) is 0 Å². The van der Waals surface area contributed by atoms with Crippen molar-refractivity contribution in [2.24, 2.45) is 0 Å². The molecule has 6 nitrogen and oxygen atoms in total. The van der Waals surface area contributed by atoms with E-state index in [0.717, 1.165) is 19.4 Å². The normalized spacial score (nSPS) is 13.4. The van der Waals surface area contributed by atoms with Crippen LogP contribution >= 0.6 is 0 Å². The number of nitrogens with one attached hydrogen (secondary N) is 1. The van der Waals surface area contributed by atoms with Crippen molar-refractivity contribution in [2.45, 2.75) is 19.4 Å². The molecule has 1 N–H and O–H groups in total. The summed E-state index contributed by atoms with van der Waals surface area (Å²) >= 11 is 0. The molecule has 0 spiro atoms. The Bertz CT molecular complexity index is 819.